The van der Waals surface area contributed by atoms with Gasteiger partial charge in [-0.2, -0.15) is 13.2 Å². The van der Waals surface area contributed by atoms with Crippen LogP contribution in [0.5, 0.6) is 0 Å². The summed E-state index contributed by atoms with van der Waals surface area (Å²) < 4.78 is 38.3. The second-order valence-corrected chi connectivity index (χ2v) is 6.85. The zero-order valence-electron chi connectivity index (χ0n) is 14.7. The third-order valence-corrected chi connectivity index (χ3v) is 4.59. The average molecular weight is 414 g/mol. The lowest BCUT2D eigenvalue weighted by Gasteiger charge is -2.38. The highest BCUT2D eigenvalue weighted by Gasteiger charge is 2.36. The number of hydrogen-bond acceptors (Lipinski definition) is 3. The van der Waals surface area contributed by atoms with Crippen LogP contribution in [-0.4, -0.2) is 60.6 Å². The summed E-state index contributed by atoms with van der Waals surface area (Å²) in [5.74, 6) is -0.522. The maximum Gasteiger partial charge on any atom is 0.406 e. The Kier molecular flexibility index (Phi) is 8.66. The van der Waals surface area contributed by atoms with E-state index in [0.29, 0.717) is 24.7 Å². The third-order valence-electron chi connectivity index (χ3n) is 4.25. The molecule has 1 aliphatic rings. The smallest absolute Gasteiger partial charge is 0.330 e. The lowest BCUT2D eigenvalue weighted by Crippen LogP contribution is -2.52. The molecule has 1 amide bonds. The first-order chi connectivity index (χ1) is 11.7. The fourth-order valence-corrected chi connectivity index (χ4v) is 3.27. The Hall–Kier alpha value is -1.02. The van der Waals surface area contributed by atoms with Crippen molar-refractivity contribution in [3.05, 3.63) is 34.9 Å². The van der Waals surface area contributed by atoms with Gasteiger partial charge in [0.05, 0.1) is 6.54 Å². The predicted octanol–water partition coefficient (Wildman–Crippen LogP) is 3.51. The molecule has 9 heteroatoms. The molecule has 1 aromatic carbocycles. The summed E-state index contributed by atoms with van der Waals surface area (Å²) in [7, 11) is 0. The van der Waals surface area contributed by atoms with Crippen LogP contribution in [0.3, 0.4) is 0 Å². The first-order valence-corrected chi connectivity index (χ1v) is 8.62. The van der Waals surface area contributed by atoms with Gasteiger partial charge < -0.3 is 10.2 Å². The maximum atomic E-state index is 12.8. The second kappa shape index (κ2) is 9.78. The molecule has 0 bridgehead atoms. The van der Waals surface area contributed by atoms with Gasteiger partial charge in [0, 0.05) is 36.7 Å². The van der Waals surface area contributed by atoms with E-state index in [0.717, 1.165) is 10.5 Å². The lowest BCUT2D eigenvalue weighted by atomic mass is 10.0. The summed E-state index contributed by atoms with van der Waals surface area (Å²) in [5.41, 5.74) is 0.871. The molecular formula is C17H24Cl2F3N3O. The Labute approximate surface area is 163 Å². The fourth-order valence-electron chi connectivity index (χ4n) is 3.00. The quantitative estimate of drug-likeness (QED) is 0.801. The van der Waals surface area contributed by atoms with Crippen molar-refractivity contribution >= 4 is 29.9 Å². The molecule has 0 spiro atoms. The van der Waals surface area contributed by atoms with E-state index in [1.807, 2.05) is 23.1 Å². The summed E-state index contributed by atoms with van der Waals surface area (Å²) in [6, 6.07) is 6.67. The molecule has 1 aliphatic heterocycles. The molecule has 0 saturated carbocycles. The molecule has 26 heavy (non-hydrogen) atoms. The van der Waals surface area contributed by atoms with Gasteiger partial charge in [-0.3, -0.25) is 9.69 Å². The van der Waals surface area contributed by atoms with Gasteiger partial charge in [0.15, 0.2) is 0 Å². The monoisotopic (exact) mass is 413 g/mol. The molecule has 148 valence electrons. The summed E-state index contributed by atoms with van der Waals surface area (Å²) in [5, 5.41) is 3.84. The normalized spacial score (nSPS) is 18.5. The average Bonchev–Trinajstić information content (AvgIpc) is 2.53. The van der Waals surface area contributed by atoms with Crippen LogP contribution in [0.4, 0.5) is 13.2 Å². The molecule has 1 atom stereocenters. The van der Waals surface area contributed by atoms with E-state index in [1.54, 1.807) is 19.9 Å². The van der Waals surface area contributed by atoms with E-state index in [1.165, 1.54) is 0 Å². The van der Waals surface area contributed by atoms with Crippen LogP contribution in [-0.2, 0) is 4.79 Å². The number of halogens is 5. The van der Waals surface area contributed by atoms with Gasteiger partial charge in [-0.05, 0) is 25.5 Å². The zero-order chi connectivity index (χ0) is 18.6. The first-order valence-electron chi connectivity index (χ1n) is 8.24. The highest BCUT2D eigenvalue weighted by atomic mass is 35.5. The number of nitrogens with one attached hydrogen (secondary N) is 1. The highest BCUT2D eigenvalue weighted by Crippen LogP contribution is 2.28. The van der Waals surface area contributed by atoms with E-state index in [9.17, 15) is 18.0 Å². The number of amides is 1. The Morgan fingerprint density at radius 3 is 2.62 bits per heavy atom. The topological polar surface area (TPSA) is 35.6 Å². The third kappa shape index (κ3) is 6.30. The number of carbonyl (C=O) groups excluding carboxylic acids is 1. The number of carbonyl (C=O) groups is 1. The summed E-state index contributed by atoms with van der Waals surface area (Å²) in [4.78, 5) is 15.3. The first kappa shape index (κ1) is 23.0. The van der Waals surface area contributed by atoms with Crippen molar-refractivity contribution in [3.63, 3.8) is 0 Å². The second-order valence-electron chi connectivity index (χ2n) is 6.44. The van der Waals surface area contributed by atoms with Crippen molar-refractivity contribution in [2.24, 2.45) is 0 Å². The van der Waals surface area contributed by atoms with Crippen molar-refractivity contribution in [2.45, 2.75) is 32.1 Å². The summed E-state index contributed by atoms with van der Waals surface area (Å²) in [6.07, 6.45) is -4.41. The number of alkyl halides is 3. The number of rotatable bonds is 5. The number of benzene rings is 1. The van der Waals surface area contributed by atoms with Crippen molar-refractivity contribution < 1.29 is 18.0 Å². The molecule has 1 unspecified atom stereocenters. The van der Waals surface area contributed by atoms with E-state index < -0.39 is 24.7 Å². The molecule has 0 aliphatic carbocycles. The van der Waals surface area contributed by atoms with Crippen molar-refractivity contribution in [3.8, 4) is 0 Å². The number of piperazine rings is 1. The predicted molar refractivity (Wildman–Crippen MR) is 98.8 cm³/mol. The van der Waals surface area contributed by atoms with Crippen LogP contribution in [0.1, 0.15) is 25.5 Å². The molecular weight excluding hydrogens is 390 g/mol. The molecule has 4 nitrogen and oxygen atoms in total. The van der Waals surface area contributed by atoms with Gasteiger partial charge >= 0.3 is 6.18 Å². The fraction of sp³-hybridized carbons (Fsp3) is 0.588. The SMILES string of the molecule is CC(C)N(CC(F)(F)F)C(=O)CN1CCNCC1c1ccccc1Cl.Cl. The highest BCUT2D eigenvalue weighted by molar-refractivity contribution is 6.31. The molecule has 1 N–H and O–H groups in total. The summed E-state index contributed by atoms with van der Waals surface area (Å²) in [6.45, 7) is 3.73. The van der Waals surface area contributed by atoms with Crippen LogP contribution >= 0.6 is 24.0 Å². The van der Waals surface area contributed by atoms with Gasteiger partial charge in [-0.15, -0.1) is 12.4 Å². The standard InChI is InChI=1S/C17H23ClF3N3O.ClH/c1-12(2)24(11-17(19,20)21)16(25)10-23-8-7-22-9-15(23)13-5-3-4-6-14(13)18;/h3-6,12,15,22H,7-11H2,1-2H3;1H. The van der Waals surface area contributed by atoms with Crippen LogP contribution in [0.15, 0.2) is 24.3 Å². The molecule has 0 aromatic heterocycles. The Bertz CT molecular complexity index is 599. The van der Waals surface area contributed by atoms with Crippen molar-refractivity contribution in [1.29, 1.82) is 0 Å². The molecule has 1 heterocycles. The van der Waals surface area contributed by atoms with Crippen molar-refractivity contribution in [1.82, 2.24) is 15.1 Å². The van der Waals surface area contributed by atoms with E-state index in [-0.39, 0.29) is 25.0 Å². The lowest BCUT2D eigenvalue weighted by molar-refractivity contribution is -0.165. The number of nitrogens with zero attached hydrogens (tertiary/aromatic N) is 2. The minimum atomic E-state index is -4.41. The Morgan fingerprint density at radius 1 is 1.38 bits per heavy atom. The van der Waals surface area contributed by atoms with E-state index >= 15 is 0 Å². The number of hydrogen-bond donors (Lipinski definition) is 1. The van der Waals surface area contributed by atoms with Crippen LogP contribution in [0.25, 0.3) is 0 Å². The van der Waals surface area contributed by atoms with Gasteiger partial charge in [0.2, 0.25) is 5.91 Å². The minimum Gasteiger partial charge on any atom is -0.330 e. The largest absolute Gasteiger partial charge is 0.406 e. The molecule has 1 saturated heterocycles. The molecule has 1 aromatic rings. The van der Waals surface area contributed by atoms with Crippen LogP contribution < -0.4 is 5.32 Å². The van der Waals surface area contributed by atoms with Crippen molar-refractivity contribution in [2.75, 3.05) is 32.7 Å². The van der Waals surface area contributed by atoms with E-state index in [4.69, 9.17) is 11.6 Å². The Morgan fingerprint density at radius 2 is 2.04 bits per heavy atom. The molecule has 1 fully saturated rings. The minimum absolute atomic E-state index is 0. The van der Waals surface area contributed by atoms with Gasteiger partial charge in [-0.1, -0.05) is 29.8 Å². The van der Waals surface area contributed by atoms with Gasteiger partial charge in [0.1, 0.15) is 6.54 Å². The van der Waals surface area contributed by atoms with Gasteiger partial charge in [-0.25, -0.2) is 0 Å². The molecule has 0 radical (unpaired) electrons. The maximum absolute atomic E-state index is 12.8. The van der Waals surface area contributed by atoms with Crippen LogP contribution in [0.2, 0.25) is 5.02 Å². The van der Waals surface area contributed by atoms with Gasteiger partial charge in [0.25, 0.3) is 0 Å². The Balaban J connectivity index is 0.00000338. The van der Waals surface area contributed by atoms with E-state index in [2.05, 4.69) is 5.32 Å². The molecule has 2 rings (SSSR count). The zero-order valence-corrected chi connectivity index (χ0v) is 16.3. The van der Waals surface area contributed by atoms with Crippen LogP contribution in [0, 0.1) is 0 Å². The summed E-state index contributed by atoms with van der Waals surface area (Å²) >= 11 is 6.26.